The molecule has 136 valence electrons. The number of aromatic amines is 1. The first kappa shape index (κ1) is 18.6. The number of nitrogens with zero attached hydrogens (tertiary/aromatic N) is 3. The average Bonchev–Trinajstić information content (AvgIpc) is 3.13. The molecule has 0 saturated heterocycles. The molecule has 0 aliphatic heterocycles. The minimum absolute atomic E-state index is 0.229. The maximum Gasteiger partial charge on any atom is 0.263 e. The van der Waals surface area contributed by atoms with Crippen LogP contribution in [0.4, 0.5) is 5.95 Å². The largest absolute Gasteiger partial charge is 0.493 e. The normalized spacial score (nSPS) is 10.6. The van der Waals surface area contributed by atoms with Crippen molar-refractivity contribution < 1.29 is 9.47 Å². The molecule has 0 radical (unpaired) electrons. The number of hydrogen-bond acceptors (Lipinski definition) is 6. The highest BCUT2D eigenvalue weighted by atomic mass is 35.5. The van der Waals surface area contributed by atoms with Crippen molar-refractivity contribution in [2.24, 2.45) is 0 Å². The number of methoxy groups -OCH3 is 1. The molecule has 10 heteroatoms. The van der Waals surface area contributed by atoms with E-state index in [1.165, 1.54) is 0 Å². The van der Waals surface area contributed by atoms with Gasteiger partial charge in [-0.05, 0) is 35.0 Å². The fraction of sp³-hybridized carbons (Fsp3) is 0.188. The third-order valence-electron chi connectivity index (χ3n) is 3.47. The van der Waals surface area contributed by atoms with Gasteiger partial charge in [-0.25, -0.2) is 0 Å². The lowest BCUT2D eigenvalue weighted by Gasteiger charge is -2.15. The first-order chi connectivity index (χ1) is 12.6. The number of rotatable bonds is 7. The number of nitrogens with one attached hydrogen (secondary N) is 2. The molecule has 0 unspecified atom stereocenters. The van der Waals surface area contributed by atoms with Crippen LogP contribution in [0.3, 0.4) is 0 Å². The van der Waals surface area contributed by atoms with Crippen LogP contribution in [0.25, 0.3) is 0 Å². The molecule has 0 aliphatic carbocycles. The van der Waals surface area contributed by atoms with Gasteiger partial charge in [0.15, 0.2) is 11.5 Å². The zero-order valence-corrected chi connectivity index (χ0v) is 15.9. The van der Waals surface area contributed by atoms with E-state index in [1.54, 1.807) is 31.4 Å². The Morgan fingerprint density at radius 2 is 1.96 bits per heavy atom. The molecule has 0 amide bonds. The molecule has 26 heavy (non-hydrogen) atoms. The summed E-state index contributed by atoms with van der Waals surface area (Å²) in [6.07, 6.45) is 0. The van der Waals surface area contributed by atoms with E-state index in [0.29, 0.717) is 39.1 Å². The monoisotopic (exact) mass is 413 g/mol. The Hall–Kier alpha value is -2.22. The summed E-state index contributed by atoms with van der Waals surface area (Å²) in [7, 11) is 1.55. The fourth-order valence-corrected chi connectivity index (χ4v) is 2.97. The second kappa shape index (κ2) is 8.44. The summed E-state index contributed by atoms with van der Waals surface area (Å²) >= 11 is 18.4. The number of benzene rings is 2. The van der Waals surface area contributed by atoms with Crippen molar-refractivity contribution >= 4 is 40.8 Å². The summed E-state index contributed by atoms with van der Waals surface area (Å²) in [5.74, 6) is 1.33. The average molecular weight is 415 g/mol. The van der Waals surface area contributed by atoms with E-state index in [4.69, 9.17) is 44.3 Å². The molecule has 0 fully saturated rings. The van der Waals surface area contributed by atoms with Gasteiger partial charge in [0, 0.05) is 22.2 Å². The van der Waals surface area contributed by atoms with Gasteiger partial charge in [-0.2, -0.15) is 5.21 Å². The van der Waals surface area contributed by atoms with E-state index < -0.39 is 0 Å². The molecule has 2 N–H and O–H groups in total. The van der Waals surface area contributed by atoms with E-state index in [0.717, 1.165) is 11.1 Å². The van der Waals surface area contributed by atoms with Gasteiger partial charge < -0.3 is 14.8 Å². The Bertz CT molecular complexity index is 890. The predicted octanol–water partition coefficient (Wildman–Crippen LogP) is 4.36. The van der Waals surface area contributed by atoms with E-state index in [1.807, 2.05) is 6.07 Å². The fourth-order valence-electron chi connectivity index (χ4n) is 2.22. The Kier molecular flexibility index (Phi) is 6.03. The number of H-pyrrole nitrogens is 1. The van der Waals surface area contributed by atoms with Gasteiger partial charge in [0.2, 0.25) is 0 Å². The van der Waals surface area contributed by atoms with Crippen LogP contribution in [0.5, 0.6) is 11.5 Å². The summed E-state index contributed by atoms with van der Waals surface area (Å²) in [6, 6.07) is 8.80. The molecule has 7 nitrogen and oxygen atoms in total. The molecule has 0 spiro atoms. The smallest absolute Gasteiger partial charge is 0.263 e. The summed E-state index contributed by atoms with van der Waals surface area (Å²) in [5.41, 5.74) is 1.66. The number of ether oxygens (including phenoxy) is 2. The molecule has 0 saturated carbocycles. The summed E-state index contributed by atoms with van der Waals surface area (Å²) in [4.78, 5) is 0. The lowest BCUT2D eigenvalue weighted by molar-refractivity contribution is 0.284. The SMILES string of the molecule is COc1cc(CNc2nn[nH]n2)cc(Cl)c1OCc1ccc(Cl)cc1Cl. The second-order valence-corrected chi connectivity index (χ2v) is 6.47. The van der Waals surface area contributed by atoms with Gasteiger partial charge in [0.25, 0.3) is 5.95 Å². The van der Waals surface area contributed by atoms with Gasteiger partial charge in [-0.15, -0.1) is 5.10 Å². The van der Waals surface area contributed by atoms with Crippen molar-refractivity contribution in [2.45, 2.75) is 13.2 Å². The van der Waals surface area contributed by atoms with Gasteiger partial charge in [-0.1, -0.05) is 46.0 Å². The first-order valence-electron chi connectivity index (χ1n) is 7.47. The lowest BCUT2D eigenvalue weighted by atomic mass is 10.2. The highest BCUT2D eigenvalue weighted by Gasteiger charge is 2.13. The zero-order chi connectivity index (χ0) is 18.5. The maximum absolute atomic E-state index is 6.37. The number of hydrogen-bond donors (Lipinski definition) is 2. The van der Waals surface area contributed by atoms with Crippen LogP contribution < -0.4 is 14.8 Å². The summed E-state index contributed by atoms with van der Waals surface area (Å²) < 4.78 is 11.2. The Morgan fingerprint density at radius 3 is 2.65 bits per heavy atom. The van der Waals surface area contributed by atoms with Crippen molar-refractivity contribution in [3.8, 4) is 11.5 Å². The molecule has 3 rings (SSSR count). The standard InChI is InChI=1S/C16H14Cl3N5O2/c1-25-14-5-9(7-20-16-21-23-24-22-16)4-13(19)15(14)26-8-10-2-3-11(17)6-12(10)18/h2-6H,7-8H2,1H3,(H2,20,21,22,23,24). The van der Waals surface area contributed by atoms with Crippen molar-refractivity contribution in [1.29, 1.82) is 0 Å². The predicted molar refractivity (Wildman–Crippen MR) is 100 cm³/mol. The van der Waals surface area contributed by atoms with Gasteiger partial charge >= 0.3 is 0 Å². The van der Waals surface area contributed by atoms with Crippen LogP contribution in [0, 0.1) is 0 Å². The van der Waals surface area contributed by atoms with Gasteiger partial charge in [0.1, 0.15) is 6.61 Å². The first-order valence-corrected chi connectivity index (χ1v) is 8.60. The van der Waals surface area contributed by atoms with Gasteiger partial charge in [-0.3, -0.25) is 0 Å². The van der Waals surface area contributed by atoms with Crippen molar-refractivity contribution in [2.75, 3.05) is 12.4 Å². The van der Waals surface area contributed by atoms with Crippen LogP contribution >= 0.6 is 34.8 Å². The third kappa shape index (κ3) is 4.49. The maximum atomic E-state index is 6.37. The number of aromatic nitrogens is 4. The number of anilines is 1. The van der Waals surface area contributed by atoms with Crippen LogP contribution in [-0.4, -0.2) is 27.7 Å². The molecular formula is C16H14Cl3N5O2. The number of halogens is 3. The van der Waals surface area contributed by atoms with Crippen molar-refractivity contribution in [3.63, 3.8) is 0 Å². The molecule has 3 aromatic rings. The second-order valence-electron chi connectivity index (χ2n) is 5.22. The lowest BCUT2D eigenvalue weighted by Crippen LogP contribution is -2.04. The Labute approximate surface area is 164 Å². The highest BCUT2D eigenvalue weighted by Crippen LogP contribution is 2.37. The molecule has 2 aromatic carbocycles. The third-order valence-corrected chi connectivity index (χ3v) is 4.34. The number of tetrazole rings is 1. The van der Waals surface area contributed by atoms with E-state index in [-0.39, 0.29) is 6.61 Å². The van der Waals surface area contributed by atoms with Gasteiger partial charge in [0.05, 0.1) is 12.1 Å². The van der Waals surface area contributed by atoms with E-state index in [2.05, 4.69) is 25.9 Å². The van der Waals surface area contributed by atoms with Crippen molar-refractivity contribution in [1.82, 2.24) is 20.6 Å². The highest BCUT2D eigenvalue weighted by molar-refractivity contribution is 6.35. The van der Waals surface area contributed by atoms with Crippen molar-refractivity contribution in [3.05, 3.63) is 56.5 Å². The van der Waals surface area contributed by atoms with E-state index in [9.17, 15) is 0 Å². The molecule has 0 aliphatic rings. The molecule has 0 bridgehead atoms. The van der Waals surface area contributed by atoms with E-state index >= 15 is 0 Å². The Balaban J connectivity index is 1.74. The summed E-state index contributed by atoms with van der Waals surface area (Å²) in [6.45, 7) is 0.672. The Morgan fingerprint density at radius 1 is 1.12 bits per heavy atom. The topological polar surface area (TPSA) is 85.0 Å². The van der Waals surface area contributed by atoms with Crippen LogP contribution in [0.15, 0.2) is 30.3 Å². The zero-order valence-electron chi connectivity index (χ0n) is 13.6. The minimum Gasteiger partial charge on any atom is -0.493 e. The molecule has 1 heterocycles. The quantitative estimate of drug-likeness (QED) is 0.597. The van der Waals surface area contributed by atoms with Crippen LogP contribution in [-0.2, 0) is 13.2 Å². The molecular weight excluding hydrogens is 401 g/mol. The van der Waals surface area contributed by atoms with Crippen LogP contribution in [0.1, 0.15) is 11.1 Å². The minimum atomic E-state index is 0.229. The molecule has 0 atom stereocenters. The van der Waals surface area contributed by atoms with Crippen LogP contribution in [0.2, 0.25) is 15.1 Å². The summed E-state index contributed by atoms with van der Waals surface area (Å²) in [5, 5.41) is 18.0. The molecule has 1 aromatic heterocycles.